The van der Waals surface area contributed by atoms with Gasteiger partial charge in [0.05, 0.1) is 17.5 Å². The zero-order chi connectivity index (χ0) is 17.4. The van der Waals surface area contributed by atoms with Gasteiger partial charge in [-0.3, -0.25) is 9.48 Å². The molecule has 132 valence electrons. The van der Waals surface area contributed by atoms with Crippen LogP contribution in [-0.2, 0) is 7.05 Å². The lowest BCUT2D eigenvalue weighted by Crippen LogP contribution is -2.51. The van der Waals surface area contributed by atoms with E-state index < -0.39 is 0 Å². The summed E-state index contributed by atoms with van der Waals surface area (Å²) in [7, 11) is 1.90. The number of aryl methyl sites for hydroxylation is 1. The molecule has 2 atom stereocenters. The smallest absolute Gasteiger partial charge is 0.257 e. The first-order valence-corrected chi connectivity index (χ1v) is 9.93. The fraction of sp³-hybridized carbons (Fsp3) is 0.500. The van der Waals surface area contributed by atoms with Crippen molar-refractivity contribution in [2.45, 2.75) is 36.4 Å². The van der Waals surface area contributed by atoms with Crippen LogP contribution >= 0.6 is 15.9 Å². The summed E-state index contributed by atoms with van der Waals surface area (Å²) in [4.78, 5) is 15.3. The number of alkyl halides is 1. The SMILES string of the molecule is Cn1ncc(C(=O)N2CCC3(Br)CCCCC3C2)c1-c1ccccc1. The number of nitrogens with zero attached hydrogens (tertiary/aromatic N) is 3. The van der Waals surface area contributed by atoms with Crippen molar-refractivity contribution < 1.29 is 4.79 Å². The number of carbonyl (C=O) groups is 1. The Morgan fingerprint density at radius 1 is 1.24 bits per heavy atom. The summed E-state index contributed by atoms with van der Waals surface area (Å²) in [5.74, 6) is 0.683. The monoisotopic (exact) mass is 401 g/mol. The topological polar surface area (TPSA) is 38.1 Å². The molecule has 25 heavy (non-hydrogen) atoms. The predicted molar refractivity (Wildman–Crippen MR) is 103 cm³/mol. The van der Waals surface area contributed by atoms with Crippen LogP contribution in [0.15, 0.2) is 36.5 Å². The quantitative estimate of drug-likeness (QED) is 0.705. The van der Waals surface area contributed by atoms with Crippen molar-refractivity contribution in [3.8, 4) is 11.3 Å². The first-order chi connectivity index (χ1) is 12.1. The van der Waals surface area contributed by atoms with Crippen molar-refractivity contribution in [2.75, 3.05) is 13.1 Å². The van der Waals surface area contributed by atoms with Gasteiger partial charge in [-0.05, 0) is 25.2 Å². The molecule has 1 amide bonds. The van der Waals surface area contributed by atoms with Gasteiger partial charge in [0.2, 0.25) is 0 Å². The molecule has 2 fully saturated rings. The molecule has 1 aromatic heterocycles. The Kier molecular flexibility index (Phi) is 4.44. The van der Waals surface area contributed by atoms with Crippen molar-refractivity contribution in [1.82, 2.24) is 14.7 Å². The number of likely N-dealkylation sites (tertiary alicyclic amines) is 1. The Balaban J connectivity index is 1.60. The highest BCUT2D eigenvalue weighted by atomic mass is 79.9. The van der Waals surface area contributed by atoms with Gasteiger partial charge in [0, 0.05) is 30.0 Å². The normalized spacial score (nSPS) is 26.3. The van der Waals surface area contributed by atoms with E-state index in [9.17, 15) is 4.79 Å². The number of fused-ring (bicyclic) bond motifs is 1. The van der Waals surface area contributed by atoms with Gasteiger partial charge >= 0.3 is 0 Å². The van der Waals surface area contributed by atoms with Gasteiger partial charge in [0.15, 0.2) is 0 Å². The van der Waals surface area contributed by atoms with E-state index in [2.05, 4.69) is 21.0 Å². The van der Waals surface area contributed by atoms with E-state index in [0.717, 1.165) is 30.8 Å². The van der Waals surface area contributed by atoms with E-state index in [1.807, 2.05) is 47.0 Å². The van der Waals surface area contributed by atoms with Crippen LogP contribution in [-0.4, -0.2) is 38.0 Å². The summed E-state index contributed by atoms with van der Waals surface area (Å²) in [6.07, 6.45) is 7.81. The van der Waals surface area contributed by atoms with Gasteiger partial charge in [-0.15, -0.1) is 0 Å². The number of hydrogen-bond donors (Lipinski definition) is 0. The Labute approximate surface area is 157 Å². The van der Waals surface area contributed by atoms with Crippen LogP contribution in [0.3, 0.4) is 0 Å². The second-order valence-electron chi connectivity index (χ2n) is 7.37. The number of aromatic nitrogens is 2. The van der Waals surface area contributed by atoms with E-state index in [1.54, 1.807) is 6.20 Å². The molecule has 0 bridgehead atoms. The van der Waals surface area contributed by atoms with Gasteiger partial charge in [-0.1, -0.05) is 59.1 Å². The van der Waals surface area contributed by atoms with Gasteiger partial charge in [-0.2, -0.15) is 5.10 Å². The van der Waals surface area contributed by atoms with E-state index in [-0.39, 0.29) is 10.2 Å². The summed E-state index contributed by atoms with van der Waals surface area (Å²) in [6, 6.07) is 10.1. The molecule has 0 spiro atoms. The maximum atomic E-state index is 13.2. The fourth-order valence-electron chi connectivity index (χ4n) is 4.42. The molecule has 4 rings (SSSR count). The summed E-state index contributed by atoms with van der Waals surface area (Å²) < 4.78 is 2.06. The number of piperidine rings is 1. The molecule has 1 saturated carbocycles. The Morgan fingerprint density at radius 2 is 2.04 bits per heavy atom. The van der Waals surface area contributed by atoms with Crippen LogP contribution in [0, 0.1) is 5.92 Å². The Morgan fingerprint density at radius 3 is 2.84 bits per heavy atom. The molecule has 1 saturated heterocycles. The van der Waals surface area contributed by atoms with Crippen LogP contribution < -0.4 is 0 Å². The standard InChI is InChI=1S/C20H24BrN3O/c1-23-18(15-7-3-2-4-8-15)17(13-22-23)19(25)24-12-11-20(21)10-6-5-9-16(20)14-24/h2-4,7-8,13,16H,5-6,9-12,14H2,1H3. The molecule has 0 N–H and O–H groups in total. The molecule has 2 aliphatic rings. The predicted octanol–water partition coefficient (Wildman–Crippen LogP) is 4.26. The van der Waals surface area contributed by atoms with Gasteiger partial charge in [0.25, 0.3) is 5.91 Å². The Bertz CT molecular complexity index is 773. The van der Waals surface area contributed by atoms with E-state index >= 15 is 0 Å². The third kappa shape index (κ3) is 3.03. The molecule has 1 aliphatic heterocycles. The lowest BCUT2D eigenvalue weighted by atomic mass is 9.74. The molecule has 2 heterocycles. The lowest BCUT2D eigenvalue weighted by molar-refractivity contribution is 0.0586. The maximum absolute atomic E-state index is 13.2. The largest absolute Gasteiger partial charge is 0.338 e. The minimum absolute atomic E-state index is 0.118. The minimum atomic E-state index is 0.118. The fourth-order valence-corrected chi connectivity index (χ4v) is 5.25. The highest BCUT2D eigenvalue weighted by Crippen LogP contribution is 2.46. The van der Waals surface area contributed by atoms with Crippen LogP contribution in [0.4, 0.5) is 0 Å². The first kappa shape index (κ1) is 16.8. The third-order valence-corrected chi connectivity index (χ3v) is 7.31. The maximum Gasteiger partial charge on any atom is 0.257 e. The second kappa shape index (κ2) is 6.60. The first-order valence-electron chi connectivity index (χ1n) is 9.14. The molecule has 1 aromatic carbocycles. The zero-order valence-corrected chi connectivity index (χ0v) is 16.2. The van der Waals surface area contributed by atoms with Crippen molar-refractivity contribution >= 4 is 21.8 Å². The number of halogens is 1. The van der Waals surface area contributed by atoms with Gasteiger partial charge in [-0.25, -0.2) is 0 Å². The van der Waals surface area contributed by atoms with E-state index in [1.165, 1.54) is 25.7 Å². The highest BCUT2D eigenvalue weighted by Gasteiger charge is 2.43. The minimum Gasteiger partial charge on any atom is -0.338 e. The molecule has 2 aromatic rings. The number of rotatable bonds is 2. The number of hydrogen-bond acceptors (Lipinski definition) is 2. The van der Waals surface area contributed by atoms with Crippen molar-refractivity contribution in [1.29, 1.82) is 0 Å². The summed E-state index contributed by atoms with van der Waals surface area (Å²) in [5.41, 5.74) is 2.66. The number of carbonyl (C=O) groups excluding carboxylic acids is 1. The van der Waals surface area contributed by atoms with E-state index in [4.69, 9.17) is 0 Å². The number of amides is 1. The molecule has 2 unspecified atom stereocenters. The molecular weight excluding hydrogens is 378 g/mol. The average molecular weight is 402 g/mol. The highest BCUT2D eigenvalue weighted by molar-refractivity contribution is 9.10. The molecule has 1 aliphatic carbocycles. The molecule has 4 nitrogen and oxygen atoms in total. The van der Waals surface area contributed by atoms with Crippen molar-refractivity contribution in [3.63, 3.8) is 0 Å². The van der Waals surface area contributed by atoms with Gasteiger partial charge in [0.1, 0.15) is 0 Å². The summed E-state index contributed by atoms with van der Waals surface area (Å²) in [6.45, 7) is 1.68. The molecule has 0 radical (unpaired) electrons. The van der Waals surface area contributed by atoms with Crippen LogP contribution in [0.1, 0.15) is 42.5 Å². The Hall–Kier alpha value is -1.62. The summed E-state index contributed by atoms with van der Waals surface area (Å²) >= 11 is 4.01. The zero-order valence-electron chi connectivity index (χ0n) is 14.6. The van der Waals surface area contributed by atoms with Crippen molar-refractivity contribution in [3.05, 3.63) is 42.1 Å². The van der Waals surface area contributed by atoms with Gasteiger partial charge < -0.3 is 4.90 Å². The van der Waals surface area contributed by atoms with E-state index in [0.29, 0.717) is 11.5 Å². The van der Waals surface area contributed by atoms with Crippen LogP contribution in [0.5, 0.6) is 0 Å². The molecular formula is C20H24BrN3O. The van der Waals surface area contributed by atoms with Crippen molar-refractivity contribution in [2.24, 2.45) is 13.0 Å². The third-order valence-electron chi connectivity index (χ3n) is 5.87. The summed E-state index contributed by atoms with van der Waals surface area (Å²) in [5, 5.41) is 4.36. The lowest BCUT2D eigenvalue weighted by Gasteiger charge is -2.47. The average Bonchev–Trinajstić information content (AvgIpc) is 3.02. The second-order valence-corrected chi connectivity index (χ2v) is 8.95. The number of benzene rings is 1. The van der Waals surface area contributed by atoms with Crippen LogP contribution in [0.2, 0.25) is 0 Å². The molecule has 5 heteroatoms. The van der Waals surface area contributed by atoms with Crippen LogP contribution in [0.25, 0.3) is 11.3 Å².